The van der Waals surface area contributed by atoms with Crippen LogP contribution in [0.3, 0.4) is 0 Å². The summed E-state index contributed by atoms with van der Waals surface area (Å²) in [6.07, 6.45) is -5.36. The van der Waals surface area contributed by atoms with Crippen LogP contribution in [0.15, 0.2) is 0 Å². The Labute approximate surface area is 98.6 Å². The first-order chi connectivity index (χ1) is 7.79. The molecule has 0 aliphatic rings. The summed E-state index contributed by atoms with van der Waals surface area (Å²) in [7, 11) is 0. The molecule has 0 saturated carbocycles. The maximum atomic E-state index is 12.0. The summed E-state index contributed by atoms with van der Waals surface area (Å²) in [4.78, 5) is 11.3. The highest BCUT2D eigenvalue weighted by molar-refractivity contribution is 5.81. The van der Waals surface area contributed by atoms with E-state index in [1.165, 1.54) is 6.92 Å². The molecule has 0 heterocycles. The summed E-state index contributed by atoms with van der Waals surface area (Å²) in [5.74, 6) is -0.368. The van der Waals surface area contributed by atoms with Gasteiger partial charge in [0.05, 0.1) is 6.04 Å². The number of carbonyl (C=O) groups is 1. The summed E-state index contributed by atoms with van der Waals surface area (Å²) in [6.45, 7) is 3.23. The molecule has 0 radical (unpaired) electrons. The van der Waals surface area contributed by atoms with Gasteiger partial charge in [-0.15, -0.1) is 0 Å². The Kier molecular flexibility index (Phi) is 7.13. The topological polar surface area (TPSA) is 61.4 Å². The van der Waals surface area contributed by atoms with E-state index in [9.17, 15) is 18.0 Å². The Morgan fingerprint density at radius 1 is 1.41 bits per heavy atom. The van der Waals surface area contributed by atoms with E-state index in [4.69, 9.17) is 5.11 Å². The number of unbranched alkanes of at least 4 members (excludes halogenated alkanes) is 1. The molecule has 0 spiro atoms. The molecule has 0 aliphatic heterocycles. The largest absolute Gasteiger partial charge is 0.415 e. The second-order valence-electron chi connectivity index (χ2n) is 3.83. The van der Waals surface area contributed by atoms with Gasteiger partial charge < -0.3 is 15.7 Å². The van der Waals surface area contributed by atoms with E-state index >= 15 is 0 Å². The van der Waals surface area contributed by atoms with Gasteiger partial charge in [0.15, 0.2) is 6.10 Å². The van der Waals surface area contributed by atoms with Crippen molar-refractivity contribution in [3.63, 3.8) is 0 Å². The Bertz CT molecular complexity index is 234. The third-order valence-electron chi connectivity index (χ3n) is 2.22. The van der Waals surface area contributed by atoms with Crippen LogP contribution in [0, 0.1) is 0 Å². The number of alkyl halides is 3. The highest BCUT2D eigenvalue weighted by Crippen LogP contribution is 2.19. The van der Waals surface area contributed by atoms with E-state index in [-0.39, 0.29) is 5.91 Å². The molecule has 0 aromatic heterocycles. The van der Waals surface area contributed by atoms with E-state index in [0.717, 1.165) is 12.8 Å². The lowest BCUT2D eigenvalue weighted by Crippen LogP contribution is -2.47. The molecule has 2 atom stereocenters. The number of amides is 1. The summed E-state index contributed by atoms with van der Waals surface area (Å²) < 4.78 is 35.9. The van der Waals surface area contributed by atoms with Gasteiger partial charge in [-0.25, -0.2) is 0 Å². The number of aliphatic hydroxyl groups excluding tert-OH is 1. The number of hydrogen-bond donors (Lipinski definition) is 3. The molecular weight excluding hydrogens is 237 g/mol. The maximum absolute atomic E-state index is 12.0. The zero-order valence-corrected chi connectivity index (χ0v) is 9.97. The Balaban J connectivity index is 3.85. The quantitative estimate of drug-likeness (QED) is 0.591. The van der Waals surface area contributed by atoms with Crippen LogP contribution >= 0.6 is 0 Å². The fourth-order valence-electron chi connectivity index (χ4n) is 1.04. The van der Waals surface area contributed by atoms with Gasteiger partial charge in [-0.05, 0) is 13.3 Å². The number of aliphatic hydroxyl groups is 1. The lowest BCUT2D eigenvalue weighted by Gasteiger charge is -2.18. The minimum atomic E-state index is -4.66. The van der Waals surface area contributed by atoms with Crippen molar-refractivity contribution in [3.8, 4) is 0 Å². The van der Waals surface area contributed by atoms with Crippen LogP contribution in [-0.2, 0) is 4.79 Å². The van der Waals surface area contributed by atoms with Crippen molar-refractivity contribution in [3.05, 3.63) is 0 Å². The average Bonchev–Trinajstić information content (AvgIpc) is 2.24. The molecule has 0 aromatic rings. The molecule has 1 amide bonds. The summed E-state index contributed by atoms with van der Waals surface area (Å²) >= 11 is 0. The van der Waals surface area contributed by atoms with Crippen LogP contribution in [0.2, 0.25) is 0 Å². The van der Waals surface area contributed by atoms with Gasteiger partial charge in [0.25, 0.3) is 0 Å². The minimum absolute atomic E-state index is 0.368. The Hall–Kier alpha value is -0.820. The summed E-state index contributed by atoms with van der Waals surface area (Å²) in [5, 5.41) is 13.6. The van der Waals surface area contributed by atoms with E-state index < -0.39 is 24.9 Å². The van der Waals surface area contributed by atoms with E-state index in [0.29, 0.717) is 6.54 Å². The molecule has 17 heavy (non-hydrogen) atoms. The zero-order valence-electron chi connectivity index (χ0n) is 9.97. The van der Waals surface area contributed by atoms with E-state index in [1.807, 2.05) is 6.92 Å². The van der Waals surface area contributed by atoms with Crippen molar-refractivity contribution in [2.75, 3.05) is 13.1 Å². The van der Waals surface area contributed by atoms with Crippen LogP contribution in [0.4, 0.5) is 13.2 Å². The highest BCUT2D eigenvalue weighted by Gasteiger charge is 2.38. The highest BCUT2D eigenvalue weighted by atomic mass is 19.4. The molecule has 4 nitrogen and oxygen atoms in total. The van der Waals surface area contributed by atoms with Crippen molar-refractivity contribution in [1.29, 1.82) is 0 Å². The number of halogens is 3. The van der Waals surface area contributed by atoms with Crippen molar-refractivity contribution in [1.82, 2.24) is 10.6 Å². The van der Waals surface area contributed by atoms with Crippen LogP contribution in [0.1, 0.15) is 26.7 Å². The van der Waals surface area contributed by atoms with Gasteiger partial charge in [-0.3, -0.25) is 4.79 Å². The standard InChI is InChI=1S/C10H19F3N2O2/c1-3-4-5-14-9(17)7(2)15-6-8(16)10(11,12)13/h7-8,15-16H,3-6H2,1-2H3,(H,14,17). The van der Waals surface area contributed by atoms with Gasteiger partial charge in [0.1, 0.15) is 0 Å². The fourth-order valence-corrected chi connectivity index (χ4v) is 1.04. The third kappa shape index (κ3) is 7.17. The van der Waals surface area contributed by atoms with Crippen LogP contribution in [-0.4, -0.2) is 42.4 Å². The first-order valence-electron chi connectivity index (χ1n) is 5.55. The second-order valence-corrected chi connectivity index (χ2v) is 3.83. The van der Waals surface area contributed by atoms with Crippen molar-refractivity contribution >= 4 is 5.91 Å². The van der Waals surface area contributed by atoms with Gasteiger partial charge in [-0.2, -0.15) is 13.2 Å². The Morgan fingerprint density at radius 2 is 2.00 bits per heavy atom. The molecule has 0 rings (SSSR count). The fraction of sp³-hybridized carbons (Fsp3) is 0.900. The predicted molar refractivity (Wildman–Crippen MR) is 57.4 cm³/mol. The van der Waals surface area contributed by atoms with Gasteiger partial charge in [-0.1, -0.05) is 13.3 Å². The van der Waals surface area contributed by atoms with Crippen LogP contribution in [0.25, 0.3) is 0 Å². The lowest BCUT2D eigenvalue weighted by molar-refractivity contribution is -0.202. The normalized spacial score (nSPS) is 15.4. The van der Waals surface area contributed by atoms with Crippen molar-refractivity contribution in [2.45, 2.75) is 45.0 Å². The first-order valence-corrected chi connectivity index (χ1v) is 5.55. The van der Waals surface area contributed by atoms with Gasteiger partial charge >= 0.3 is 6.18 Å². The molecule has 0 fully saturated rings. The van der Waals surface area contributed by atoms with Gasteiger partial charge in [0.2, 0.25) is 5.91 Å². The summed E-state index contributed by atoms with van der Waals surface area (Å²) in [5.41, 5.74) is 0. The predicted octanol–water partition coefficient (Wildman–Crippen LogP) is 0.804. The lowest BCUT2D eigenvalue weighted by atomic mass is 10.2. The molecular formula is C10H19F3N2O2. The number of nitrogens with one attached hydrogen (secondary N) is 2. The molecule has 0 aromatic carbocycles. The molecule has 2 unspecified atom stereocenters. The maximum Gasteiger partial charge on any atom is 0.415 e. The number of rotatable bonds is 7. The smallest absolute Gasteiger partial charge is 0.382 e. The van der Waals surface area contributed by atoms with Crippen LogP contribution < -0.4 is 10.6 Å². The number of carbonyl (C=O) groups excluding carboxylic acids is 1. The van der Waals surface area contributed by atoms with E-state index in [1.54, 1.807) is 0 Å². The molecule has 0 saturated heterocycles. The van der Waals surface area contributed by atoms with Gasteiger partial charge in [0, 0.05) is 13.1 Å². The molecule has 102 valence electrons. The van der Waals surface area contributed by atoms with Crippen LogP contribution in [0.5, 0.6) is 0 Å². The minimum Gasteiger partial charge on any atom is -0.382 e. The second kappa shape index (κ2) is 7.50. The third-order valence-corrected chi connectivity index (χ3v) is 2.22. The molecule has 7 heteroatoms. The molecule has 3 N–H and O–H groups in total. The van der Waals surface area contributed by atoms with Crippen molar-refractivity contribution < 1.29 is 23.1 Å². The first kappa shape index (κ1) is 16.2. The average molecular weight is 256 g/mol. The molecule has 0 bridgehead atoms. The monoisotopic (exact) mass is 256 g/mol. The summed E-state index contributed by atoms with van der Waals surface area (Å²) in [6, 6.07) is -0.760. The van der Waals surface area contributed by atoms with Crippen molar-refractivity contribution in [2.24, 2.45) is 0 Å². The SMILES string of the molecule is CCCCNC(=O)C(C)NCC(O)C(F)(F)F. The Morgan fingerprint density at radius 3 is 2.47 bits per heavy atom. The van der Waals surface area contributed by atoms with E-state index in [2.05, 4.69) is 10.6 Å². The number of hydrogen-bond acceptors (Lipinski definition) is 3. The zero-order chi connectivity index (χ0) is 13.5. The molecule has 0 aliphatic carbocycles.